The molecule has 5 heteroatoms. The van der Waals surface area contributed by atoms with Gasteiger partial charge in [0.25, 0.3) is 0 Å². The van der Waals surface area contributed by atoms with E-state index in [2.05, 4.69) is 49.9 Å². The summed E-state index contributed by atoms with van der Waals surface area (Å²) in [5, 5.41) is 0.514. The number of thioether (sulfide) groups is 2. The third kappa shape index (κ3) is 7.44. The first-order chi connectivity index (χ1) is 10.8. The van der Waals surface area contributed by atoms with E-state index >= 15 is 0 Å². The summed E-state index contributed by atoms with van der Waals surface area (Å²) < 4.78 is 0.486. The summed E-state index contributed by atoms with van der Waals surface area (Å²) in [4.78, 5) is 24.4. The lowest BCUT2D eigenvalue weighted by molar-refractivity contribution is 0.0943. The molecule has 126 valence electrons. The molecule has 2 nitrogen and oxygen atoms in total. The van der Waals surface area contributed by atoms with E-state index in [9.17, 15) is 9.59 Å². The van der Waals surface area contributed by atoms with Crippen molar-refractivity contribution in [1.29, 1.82) is 0 Å². The van der Waals surface area contributed by atoms with Crippen LogP contribution in [0.3, 0.4) is 0 Å². The largest absolute Gasteiger partial charge is 0.294 e. The van der Waals surface area contributed by atoms with Crippen LogP contribution in [-0.4, -0.2) is 31.6 Å². The molecule has 0 aliphatic carbocycles. The molecule has 0 aliphatic heterocycles. The van der Waals surface area contributed by atoms with Gasteiger partial charge in [-0.2, -0.15) is 11.8 Å². The van der Waals surface area contributed by atoms with Gasteiger partial charge in [0.2, 0.25) is 0 Å². The van der Waals surface area contributed by atoms with Gasteiger partial charge >= 0.3 is 0 Å². The van der Waals surface area contributed by atoms with Crippen LogP contribution in [0.25, 0.3) is 0 Å². The van der Waals surface area contributed by atoms with Gasteiger partial charge in [-0.05, 0) is 18.2 Å². The van der Waals surface area contributed by atoms with Crippen molar-refractivity contribution < 1.29 is 9.59 Å². The molecular formula is C18H23IO2S2. The molecule has 23 heavy (non-hydrogen) atoms. The lowest BCUT2D eigenvalue weighted by Gasteiger charge is -2.17. The van der Waals surface area contributed by atoms with E-state index in [4.69, 9.17) is 0 Å². The first-order valence-electron chi connectivity index (χ1n) is 7.53. The van der Waals surface area contributed by atoms with Crippen molar-refractivity contribution in [2.24, 2.45) is 5.92 Å². The van der Waals surface area contributed by atoms with E-state index in [1.807, 2.05) is 23.5 Å². The molecule has 2 unspecified atom stereocenters. The Morgan fingerprint density at radius 3 is 2.09 bits per heavy atom. The van der Waals surface area contributed by atoms with E-state index in [0.29, 0.717) is 19.6 Å². The van der Waals surface area contributed by atoms with Gasteiger partial charge in [0.15, 0.2) is 11.6 Å². The van der Waals surface area contributed by atoms with E-state index in [0.717, 1.165) is 11.5 Å². The van der Waals surface area contributed by atoms with E-state index in [-0.39, 0.29) is 17.5 Å². The van der Waals surface area contributed by atoms with Crippen molar-refractivity contribution in [3.63, 3.8) is 0 Å². The van der Waals surface area contributed by atoms with Crippen molar-refractivity contribution in [2.75, 3.05) is 11.5 Å². The normalized spacial score (nSPS) is 13.6. The molecule has 0 radical (unpaired) electrons. The Morgan fingerprint density at radius 1 is 1.09 bits per heavy atom. The van der Waals surface area contributed by atoms with Crippen LogP contribution < -0.4 is 0 Å². The third-order valence-electron chi connectivity index (χ3n) is 3.17. The number of Topliss-reactive ketones (excluding diaryl/α,β-unsaturated/α-hetero) is 1. The van der Waals surface area contributed by atoms with Gasteiger partial charge in [0.05, 0.1) is 3.26 Å². The Kier molecular flexibility index (Phi) is 9.54. The fourth-order valence-corrected chi connectivity index (χ4v) is 4.33. The zero-order valence-electron chi connectivity index (χ0n) is 13.8. The van der Waals surface area contributed by atoms with Crippen LogP contribution in [0.1, 0.15) is 41.5 Å². The van der Waals surface area contributed by atoms with Gasteiger partial charge < -0.3 is 0 Å². The van der Waals surface area contributed by atoms with Crippen LogP contribution in [0.4, 0.5) is 0 Å². The number of alkyl halides is 1. The Balaban J connectivity index is 2.84. The van der Waals surface area contributed by atoms with Crippen molar-refractivity contribution in [3.8, 4) is 0 Å². The maximum Gasteiger partial charge on any atom is 0.185 e. The molecule has 0 bridgehead atoms. The van der Waals surface area contributed by atoms with E-state index < -0.39 is 0 Å². The molecule has 0 amide bonds. The van der Waals surface area contributed by atoms with E-state index in [1.165, 1.54) is 6.08 Å². The quantitative estimate of drug-likeness (QED) is 0.199. The number of hydrogen-bond donors (Lipinski definition) is 0. The van der Waals surface area contributed by atoms with Crippen LogP contribution in [0, 0.1) is 5.92 Å². The SMILES string of the molecule is C=CC(=O)c1ccc(C(=O)C(CSC(C)C)CSC(C)I)cc1. The van der Waals surface area contributed by atoms with Gasteiger partial charge in [-0.1, -0.05) is 67.3 Å². The van der Waals surface area contributed by atoms with Gasteiger partial charge in [-0.25, -0.2) is 0 Å². The molecule has 1 aromatic carbocycles. The maximum absolute atomic E-state index is 12.8. The molecule has 0 aliphatic rings. The lowest BCUT2D eigenvalue weighted by Crippen LogP contribution is -2.21. The number of benzene rings is 1. The minimum absolute atomic E-state index is 0.00516. The maximum atomic E-state index is 12.8. The number of carbonyl (C=O) groups excluding carboxylic acids is 2. The van der Waals surface area contributed by atoms with Gasteiger partial charge in [0, 0.05) is 28.6 Å². The molecule has 1 aromatic rings. The number of rotatable bonds is 10. The zero-order chi connectivity index (χ0) is 17.4. The van der Waals surface area contributed by atoms with Crippen molar-refractivity contribution in [2.45, 2.75) is 29.3 Å². The molecule has 0 aromatic heterocycles. The van der Waals surface area contributed by atoms with Gasteiger partial charge in [-0.15, -0.1) is 11.8 Å². The van der Waals surface area contributed by atoms with Crippen molar-refractivity contribution >= 4 is 57.7 Å². The van der Waals surface area contributed by atoms with Crippen molar-refractivity contribution in [1.82, 2.24) is 0 Å². The fourth-order valence-electron chi connectivity index (χ4n) is 1.91. The average Bonchev–Trinajstić information content (AvgIpc) is 2.53. The summed E-state index contributed by atoms with van der Waals surface area (Å²) >= 11 is 6.00. The number of halogens is 1. The molecule has 0 saturated carbocycles. The first-order valence-corrected chi connectivity index (χ1v) is 10.9. The monoisotopic (exact) mass is 462 g/mol. The lowest BCUT2D eigenvalue weighted by atomic mass is 9.99. The molecule has 0 N–H and O–H groups in total. The summed E-state index contributed by atoms with van der Waals surface area (Å²) in [5.41, 5.74) is 1.25. The number of ketones is 2. The highest BCUT2D eigenvalue weighted by Gasteiger charge is 2.21. The summed E-state index contributed by atoms with van der Waals surface area (Å²) in [5.74, 6) is 1.71. The average molecular weight is 462 g/mol. The fraction of sp³-hybridized carbons (Fsp3) is 0.444. The summed E-state index contributed by atoms with van der Waals surface area (Å²) in [7, 11) is 0. The highest BCUT2D eigenvalue weighted by molar-refractivity contribution is 14.1. The summed E-state index contributed by atoms with van der Waals surface area (Å²) in [6.07, 6.45) is 1.29. The Morgan fingerprint density at radius 2 is 1.61 bits per heavy atom. The van der Waals surface area contributed by atoms with Gasteiger partial charge in [-0.3, -0.25) is 9.59 Å². The predicted octanol–water partition coefficient (Wildman–Crippen LogP) is 5.51. The third-order valence-corrected chi connectivity index (χ3v) is 6.56. The van der Waals surface area contributed by atoms with Crippen LogP contribution in [0.15, 0.2) is 36.9 Å². The zero-order valence-corrected chi connectivity index (χ0v) is 17.5. The second-order valence-corrected chi connectivity index (χ2v) is 11.2. The van der Waals surface area contributed by atoms with Crippen LogP contribution in [-0.2, 0) is 0 Å². The molecule has 0 fully saturated rings. The summed E-state index contributed by atoms with van der Waals surface area (Å²) in [6, 6.07) is 6.92. The molecule has 0 heterocycles. The van der Waals surface area contributed by atoms with Crippen LogP contribution in [0.2, 0.25) is 0 Å². The topological polar surface area (TPSA) is 34.1 Å². The molecule has 2 atom stereocenters. The smallest absolute Gasteiger partial charge is 0.185 e. The minimum atomic E-state index is -0.120. The molecule has 0 spiro atoms. The first kappa shape index (κ1) is 20.8. The molecule has 0 saturated heterocycles. The number of hydrogen-bond acceptors (Lipinski definition) is 4. The molecular weight excluding hydrogens is 439 g/mol. The van der Waals surface area contributed by atoms with Gasteiger partial charge in [0.1, 0.15) is 0 Å². The highest BCUT2D eigenvalue weighted by atomic mass is 127. The van der Waals surface area contributed by atoms with Crippen LogP contribution >= 0.6 is 46.1 Å². The standard InChI is InChI=1S/C18H23IO2S2/c1-5-17(20)14-6-8-15(9-7-14)18(21)16(10-22-12(2)3)11-23-13(4)19/h5-9,12-13,16H,1,10-11H2,2-4H3. The predicted molar refractivity (Wildman–Crippen MR) is 112 cm³/mol. The second-order valence-electron chi connectivity index (χ2n) is 5.47. The summed E-state index contributed by atoms with van der Waals surface area (Å²) in [6.45, 7) is 9.92. The Bertz CT molecular complexity index is 526. The number of carbonyl (C=O) groups is 2. The van der Waals surface area contributed by atoms with E-state index in [1.54, 1.807) is 24.3 Å². The number of allylic oxidation sites excluding steroid dienone is 1. The van der Waals surface area contributed by atoms with Crippen molar-refractivity contribution in [3.05, 3.63) is 48.0 Å². The Hall–Kier alpha value is -0.270. The highest BCUT2D eigenvalue weighted by Crippen LogP contribution is 2.26. The second kappa shape index (κ2) is 10.6. The minimum Gasteiger partial charge on any atom is -0.294 e. The van der Waals surface area contributed by atoms with Crippen LogP contribution in [0.5, 0.6) is 0 Å². The molecule has 1 rings (SSSR count). The Labute approximate surface area is 161 Å².